The fourth-order valence-corrected chi connectivity index (χ4v) is 7.45. The highest BCUT2D eigenvalue weighted by molar-refractivity contribution is 5.91. The van der Waals surface area contributed by atoms with E-state index in [9.17, 15) is 67.7 Å². The standard InChI is InChI=1S/C22H19F6N3O.C22H19F6NO2/c1-13-10-18(30-29-13)15-4-7-19-16(11-15)8-9-31(19)12-14-2-5-17(6-3-14)20(32,21(23,24)25)22(26,27)28;1-14(30)2-3-15-6-9-19-17(12-15)10-11-29(19)13-16-4-7-18(8-5-16)20(31,21(23,24)25)22(26,27)28/h2-7,10-11,32H,8-9,12H2,1H3,(H,29,30);2-9,12,31H,10-11,13H2,1H3/b;3-2+. The first-order valence-corrected chi connectivity index (χ1v) is 19.1. The topological polar surface area (TPSA) is 92.7 Å². The van der Waals surface area contributed by atoms with Gasteiger partial charge in [0.25, 0.3) is 11.2 Å². The van der Waals surface area contributed by atoms with Gasteiger partial charge in [-0.25, -0.2) is 0 Å². The van der Waals surface area contributed by atoms with Crippen molar-refractivity contribution in [2.75, 3.05) is 22.9 Å². The number of aromatic nitrogens is 2. The quantitative estimate of drug-likeness (QED) is 0.101. The number of H-pyrrole nitrogens is 1. The minimum atomic E-state index is -5.91. The molecule has 0 atom stereocenters. The van der Waals surface area contributed by atoms with Gasteiger partial charge >= 0.3 is 24.7 Å². The van der Waals surface area contributed by atoms with Crippen LogP contribution in [0.25, 0.3) is 17.3 Å². The molecular formula is C44H38F12N4O3. The molecule has 0 spiro atoms. The molecule has 0 saturated carbocycles. The number of allylic oxidation sites excluding steroid dienone is 1. The van der Waals surface area contributed by atoms with E-state index in [4.69, 9.17) is 0 Å². The number of nitrogens with one attached hydrogen (secondary N) is 1. The zero-order chi connectivity index (χ0) is 46.3. The van der Waals surface area contributed by atoms with E-state index in [1.807, 2.05) is 59.2 Å². The number of ketones is 1. The summed E-state index contributed by atoms with van der Waals surface area (Å²) < 4.78 is 156. The van der Waals surface area contributed by atoms with Gasteiger partial charge in [0.15, 0.2) is 5.78 Å². The van der Waals surface area contributed by atoms with Crippen molar-refractivity contribution in [2.24, 2.45) is 0 Å². The lowest BCUT2D eigenvalue weighted by atomic mass is 9.91. The second-order valence-corrected chi connectivity index (χ2v) is 15.3. The van der Waals surface area contributed by atoms with Crippen LogP contribution in [0.1, 0.15) is 51.6 Å². The van der Waals surface area contributed by atoms with Gasteiger partial charge in [0.2, 0.25) is 0 Å². The number of aryl methyl sites for hydroxylation is 1. The van der Waals surface area contributed by atoms with Crippen molar-refractivity contribution in [1.29, 1.82) is 0 Å². The molecule has 336 valence electrons. The molecule has 1 aromatic heterocycles. The zero-order valence-corrected chi connectivity index (χ0v) is 33.2. The minimum absolute atomic E-state index is 0.0754. The van der Waals surface area contributed by atoms with Crippen LogP contribution >= 0.6 is 0 Å². The summed E-state index contributed by atoms with van der Waals surface area (Å²) in [6.45, 7) is 5.24. The van der Waals surface area contributed by atoms with Crippen LogP contribution in [0.2, 0.25) is 0 Å². The van der Waals surface area contributed by atoms with E-state index < -0.39 is 47.0 Å². The largest absolute Gasteiger partial charge is 0.430 e. The molecule has 2 aliphatic rings. The van der Waals surface area contributed by atoms with Gasteiger partial charge in [-0.2, -0.15) is 57.8 Å². The number of benzene rings is 4. The number of halogens is 12. The highest BCUT2D eigenvalue weighted by Crippen LogP contribution is 2.51. The molecule has 0 fully saturated rings. The third kappa shape index (κ3) is 9.44. The lowest BCUT2D eigenvalue weighted by molar-refractivity contribution is -0.376. The van der Waals surface area contributed by atoms with Crippen LogP contribution < -0.4 is 9.80 Å². The van der Waals surface area contributed by atoms with E-state index in [1.54, 1.807) is 6.08 Å². The van der Waals surface area contributed by atoms with Crippen molar-refractivity contribution in [3.8, 4) is 11.3 Å². The third-order valence-electron chi connectivity index (χ3n) is 10.8. The average molecular weight is 899 g/mol. The number of aromatic amines is 1. The Morgan fingerprint density at radius 3 is 1.46 bits per heavy atom. The molecule has 5 aromatic rings. The van der Waals surface area contributed by atoms with E-state index >= 15 is 0 Å². The highest BCUT2D eigenvalue weighted by atomic mass is 19.4. The molecule has 0 radical (unpaired) electrons. The van der Waals surface area contributed by atoms with Crippen molar-refractivity contribution >= 4 is 23.2 Å². The summed E-state index contributed by atoms with van der Waals surface area (Å²) in [6.07, 6.45) is -19.0. The molecule has 4 aromatic carbocycles. The van der Waals surface area contributed by atoms with Gasteiger partial charge in [-0.05, 0) is 90.9 Å². The maximum atomic E-state index is 13.1. The Bertz CT molecular complexity index is 2430. The normalized spacial score (nSPS) is 14.8. The average Bonchev–Trinajstić information content (AvgIpc) is 3.93. The van der Waals surface area contributed by atoms with Crippen molar-refractivity contribution in [3.63, 3.8) is 0 Å². The fraction of sp³-hybridized carbons (Fsp3) is 0.318. The number of carbonyl (C=O) groups excluding carboxylic acids is 1. The van der Waals surface area contributed by atoms with Gasteiger partial charge in [0.1, 0.15) is 0 Å². The molecule has 3 heterocycles. The number of alkyl halides is 12. The first kappa shape index (κ1) is 46.7. The molecule has 0 aliphatic carbocycles. The number of hydrogen-bond acceptors (Lipinski definition) is 6. The van der Waals surface area contributed by atoms with Gasteiger partial charge in [0.05, 0.1) is 5.69 Å². The molecular weight excluding hydrogens is 860 g/mol. The third-order valence-corrected chi connectivity index (χ3v) is 10.8. The minimum Gasteiger partial charge on any atom is -0.369 e. The fourth-order valence-electron chi connectivity index (χ4n) is 7.45. The lowest BCUT2D eigenvalue weighted by Gasteiger charge is -2.32. The van der Waals surface area contributed by atoms with Crippen LogP contribution in [0.5, 0.6) is 0 Å². The van der Waals surface area contributed by atoms with Crippen LogP contribution in [0.4, 0.5) is 64.1 Å². The monoisotopic (exact) mass is 898 g/mol. The predicted octanol–water partition coefficient (Wildman–Crippen LogP) is 10.4. The summed E-state index contributed by atoms with van der Waals surface area (Å²) >= 11 is 0. The molecule has 3 N–H and O–H groups in total. The molecule has 2 aliphatic heterocycles. The van der Waals surface area contributed by atoms with Gasteiger partial charge in [-0.3, -0.25) is 9.89 Å². The molecule has 19 heteroatoms. The van der Waals surface area contributed by atoms with E-state index in [1.165, 1.54) is 25.1 Å². The summed E-state index contributed by atoms with van der Waals surface area (Å²) in [5.74, 6) is -0.0754. The molecule has 63 heavy (non-hydrogen) atoms. The number of rotatable bonds is 9. The van der Waals surface area contributed by atoms with Crippen molar-refractivity contribution in [2.45, 2.75) is 75.7 Å². The second kappa shape index (κ2) is 17.0. The van der Waals surface area contributed by atoms with Crippen molar-refractivity contribution in [1.82, 2.24) is 10.2 Å². The van der Waals surface area contributed by atoms with E-state index in [0.717, 1.165) is 70.0 Å². The van der Waals surface area contributed by atoms with E-state index in [2.05, 4.69) is 10.2 Å². The van der Waals surface area contributed by atoms with Gasteiger partial charge in [-0.15, -0.1) is 0 Å². The summed E-state index contributed by atoms with van der Waals surface area (Å²) in [6, 6.07) is 20.8. The number of aliphatic hydroxyl groups is 2. The second-order valence-electron chi connectivity index (χ2n) is 15.3. The Hall–Kier alpha value is -5.82. The number of hydrogen-bond donors (Lipinski definition) is 3. The number of anilines is 2. The Morgan fingerprint density at radius 2 is 1.06 bits per heavy atom. The summed E-state index contributed by atoms with van der Waals surface area (Å²) in [5.41, 5.74) is -3.80. The summed E-state index contributed by atoms with van der Waals surface area (Å²) in [5, 5.41) is 26.1. The molecule has 7 nitrogen and oxygen atoms in total. The molecule has 7 rings (SSSR count). The van der Waals surface area contributed by atoms with E-state index in [-0.39, 0.29) is 12.3 Å². The lowest BCUT2D eigenvalue weighted by Crippen LogP contribution is -2.53. The number of carbonyl (C=O) groups is 1. The van der Waals surface area contributed by atoms with Crippen LogP contribution in [0.15, 0.2) is 97.1 Å². The Labute approximate surface area is 352 Å². The first-order valence-electron chi connectivity index (χ1n) is 19.1. The van der Waals surface area contributed by atoms with Crippen molar-refractivity contribution in [3.05, 3.63) is 142 Å². The predicted molar refractivity (Wildman–Crippen MR) is 209 cm³/mol. The van der Waals surface area contributed by atoms with Crippen LogP contribution in [0.3, 0.4) is 0 Å². The highest BCUT2D eigenvalue weighted by Gasteiger charge is 2.72. The van der Waals surface area contributed by atoms with Gasteiger partial charge in [-0.1, -0.05) is 66.7 Å². The van der Waals surface area contributed by atoms with Crippen LogP contribution in [-0.4, -0.2) is 64.0 Å². The van der Waals surface area contributed by atoms with Gasteiger partial charge in [0, 0.05) is 59.9 Å². The Kier molecular flexibility index (Phi) is 12.6. The van der Waals surface area contributed by atoms with Crippen molar-refractivity contribution < 1.29 is 67.7 Å². The van der Waals surface area contributed by atoms with Gasteiger partial charge < -0.3 is 20.0 Å². The summed E-state index contributed by atoms with van der Waals surface area (Å²) in [7, 11) is 0. The zero-order valence-electron chi connectivity index (χ0n) is 33.2. The molecule has 0 saturated heterocycles. The maximum Gasteiger partial charge on any atom is 0.430 e. The Morgan fingerprint density at radius 1 is 0.635 bits per heavy atom. The Balaban J connectivity index is 0.000000210. The smallest absolute Gasteiger partial charge is 0.369 e. The first-order chi connectivity index (χ1) is 29.2. The number of fused-ring (bicyclic) bond motifs is 2. The summed E-state index contributed by atoms with van der Waals surface area (Å²) in [4.78, 5) is 15.0. The molecule has 0 amide bonds. The molecule has 0 bridgehead atoms. The molecule has 0 unspecified atom stereocenters. The van der Waals surface area contributed by atoms with Crippen LogP contribution in [-0.2, 0) is 41.9 Å². The van der Waals surface area contributed by atoms with Crippen LogP contribution in [0, 0.1) is 6.92 Å². The number of nitrogens with zero attached hydrogens (tertiary/aromatic N) is 3. The SMILES string of the molecule is CC(=O)/C=C/c1ccc2c(c1)CCN2Cc1ccc(C(O)(C(F)(F)F)C(F)(F)F)cc1.Cc1cc(-c2ccc3c(c2)CCN3Cc2ccc(C(O)(C(F)(F)F)C(F)(F)F)cc2)n[nH]1. The maximum absolute atomic E-state index is 13.1. The van der Waals surface area contributed by atoms with E-state index in [0.29, 0.717) is 55.0 Å².